The SMILES string of the molecule is CCCC(=O)N[C@H](C(=O)N[C@@H](Cc1ccccc1)C(=O)N(C)[C@@H](C)C(=O)N[C@@H](Cc1ccc(-c2ccccc2)cc1)C(=O)N(C)[C@@H](C)C(=O)N[C@@H](CCCCN)C(=O)N[C@@H](C)C(=O)N1CCC[C@H]1C(=O)N[C@@H](CSCC(=O)N[C@@H](Cc1ccccc1)C(=O)N[C@H](C(=O)N[C@@H](C)C(N)=O)C(C)C)C(=O)NCC(N)=O)[C@@H](C)O. The number of primary amides is 2. The van der Waals surface area contributed by atoms with Crippen LogP contribution in [0.15, 0.2) is 115 Å². The van der Waals surface area contributed by atoms with Gasteiger partial charge in [0.2, 0.25) is 88.6 Å². The van der Waals surface area contributed by atoms with Crippen LogP contribution >= 0.6 is 11.8 Å². The van der Waals surface area contributed by atoms with Gasteiger partial charge in [-0.2, -0.15) is 0 Å². The molecular formula is C78H110N16O16S. The van der Waals surface area contributed by atoms with E-state index in [0.29, 0.717) is 42.4 Å². The summed E-state index contributed by atoms with van der Waals surface area (Å²) in [5.74, 6) is -12.5. The molecular weight excluding hydrogens is 1450 g/mol. The number of carbonyl (C=O) groups is 15. The lowest BCUT2D eigenvalue weighted by molar-refractivity contribution is -0.145. The number of nitrogens with two attached hydrogens (primary N) is 3. The predicted octanol–water partition coefficient (Wildman–Crippen LogP) is -0.745. The van der Waals surface area contributed by atoms with E-state index in [1.54, 1.807) is 93.6 Å². The molecule has 1 aliphatic rings. The van der Waals surface area contributed by atoms with E-state index in [-0.39, 0.29) is 63.1 Å². The first-order valence-corrected chi connectivity index (χ1v) is 38.4. The van der Waals surface area contributed by atoms with Gasteiger partial charge in [0, 0.05) is 52.1 Å². The van der Waals surface area contributed by atoms with Crippen LogP contribution in [0.5, 0.6) is 0 Å². The Hall–Kier alpha value is -10.8. The summed E-state index contributed by atoms with van der Waals surface area (Å²) in [6.45, 7) is 11.7. The van der Waals surface area contributed by atoms with E-state index in [9.17, 15) is 77.0 Å². The number of aliphatic hydroxyl groups is 1. The van der Waals surface area contributed by atoms with Crippen molar-refractivity contribution in [3.63, 3.8) is 0 Å². The van der Waals surface area contributed by atoms with E-state index in [4.69, 9.17) is 17.2 Å². The van der Waals surface area contributed by atoms with Crippen molar-refractivity contribution in [2.75, 3.05) is 45.2 Å². The third-order valence-corrected chi connectivity index (χ3v) is 19.9. The number of likely N-dealkylation sites (N-methyl/N-ethyl adjacent to an activating group) is 2. The number of rotatable bonds is 44. The number of hydrogen-bond acceptors (Lipinski definition) is 18. The molecule has 33 heteroatoms. The highest BCUT2D eigenvalue weighted by Gasteiger charge is 2.41. The fourth-order valence-corrected chi connectivity index (χ4v) is 12.9. The second-order valence-corrected chi connectivity index (χ2v) is 29.1. The molecule has 13 atom stereocenters. The molecule has 0 aliphatic carbocycles. The minimum atomic E-state index is -1.43. The molecule has 1 fully saturated rings. The van der Waals surface area contributed by atoms with Crippen LogP contribution in [0.2, 0.25) is 0 Å². The predicted molar refractivity (Wildman–Crippen MR) is 417 cm³/mol. The Balaban J connectivity index is 1.30. The van der Waals surface area contributed by atoms with Gasteiger partial charge in [-0.1, -0.05) is 136 Å². The number of thioether (sulfide) groups is 1. The normalized spacial score (nSPS) is 15.7. The maximum Gasteiger partial charge on any atom is 0.245 e. The van der Waals surface area contributed by atoms with Crippen LogP contribution in [0.3, 0.4) is 0 Å². The fourth-order valence-electron chi connectivity index (χ4n) is 12.1. The van der Waals surface area contributed by atoms with Crippen molar-refractivity contribution in [1.29, 1.82) is 0 Å². The molecule has 604 valence electrons. The third kappa shape index (κ3) is 28.9. The fraction of sp³-hybridized carbons (Fsp3) is 0.500. The Morgan fingerprint density at radius 2 is 1.00 bits per heavy atom. The van der Waals surface area contributed by atoms with Gasteiger partial charge in [0.25, 0.3) is 0 Å². The summed E-state index contributed by atoms with van der Waals surface area (Å²) in [7, 11) is 2.69. The number of carbonyl (C=O) groups excluding carboxylic acids is 15. The smallest absolute Gasteiger partial charge is 0.245 e. The number of amides is 15. The van der Waals surface area contributed by atoms with Crippen molar-refractivity contribution in [1.82, 2.24) is 67.9 Å². The second kappa shape index (κ2) is 45.4. The summed E-state index contributed by atoms with van der Waals surface area (Å²) in [6.07, 6.45) is 0.215. The summed E-state index contributed by atoms with van der Waals surface area (Å²) in [6, 6.07) is 18.8. The molecule has 0 spiro atoms. The van der Waals surface area contributed by atoms with Crippen molar-refractivity contribution in [2.24, 2.45) is 23.1 Å². The summed E-state index contributed by atoms with van der Waals surface area (Å²) < 4.78 is 0. The van der Waals surface area contributed by atoms with Crippen LogP contribution in [0.4, 0.5) is 0 Å². The molecule has 15 amide bonds. The van der Waals surface area contributed by atoms with Crippen molar-refractivity contribution < 1.29 is 77.0 Å². The van der Waals surface area contributed by atoms with Gasteiger partial charge in [-0.05, 0) is 113 Å². The molecule has 17 N–H and O–H groups in total. The van der Waals surface area contributed by atoms with Gasteiger partial charge < -0.3 is 90.2 Å². The van der Waals surface area contributed by atoms with Crippen LogP contribution in [0.1, 0.15) is 117 Å². The van der Waals surface area contributed by atoms with Crippen molar-refractivity contribution in [3.8, 4) is 11.1 Å². The Labute approximate surface area is 651 Å². The number of unbranched alkanes of at least 4 members (excludes halogenated alkanes) is 1. The van der Waals surface area contributed by atoms with Crippen LogP contribution in [0.25, 0.3) is 11.1 Å². The maximum absolute atomic E-state index is 15.0. The van der Waals surface area contributed by atoms with E-state index in [2.05, 4.69) is 53.2 Å². The van der Waals surface area contributed by atoms with Gasteiger partial charge in [0.1, 0.15) is 72.5 Å². The molecule has 1 aliphatic heterocycles. The molecule has 0 unspecified atom stereocenters. The zero-order valence-corrected chi connectivity index (χ0v) is 65.5. The van der Waals surface area contributed by atoms with Crippen LogP contribution in [-0.2, 0) is 91.2 Å². The zero-order chi connectivity index (χ0) is 82.2. The average molecular weight is 1560 g/mol. The topological polar surface area (TPSA) is 484 Å². The molecule has 0 aromatic heterocycles. The Morgan fingerprint density at radius 1 is 0.514 bits per heavy atom. The average Bonchev–Trinajstić information content (AvgIpc) is 1.77. The summed E-state index contributed by atoms with van der Waals surface area (Å²) in [5.41, 5.74) is 20.2. The van der Waals surface area contributed by atoms with E-state index in [1.807, 2.05) is 42.5 Å². The van der Waals surface area contributed by atoms with Gasteiger partial charge in [0.05, 0.1) is 18.4 Å². The van der Waals surface area contributed by atoms with Gasteiger partial charge in [-0.3, -0.25) is 71.9 Å². The Kier molecular flexibility index (Phi) is 37.1. The first-order valence-electron chi connectivity index (χ1n) is 37.2. The number of hydrogen-bond donors (Lipinski definition) is 14. The Bertz CT molecular complexity index is 3840. The number of nitrogens with one attached hydrogen (secondary N) is 10. The van der Waals surface area contributed by atoms with Crippen molar-refractivity contribution in [3.05, 3.63) is 132 Å². The largest absolute Gasteiger partial charge is 0.391 e. The molecule has 4 aromatic rings. The lowest BCUT2D eigenvalue weighted by Gasteiger charge is -2.33. The molecule has 1 heterocycles. The standard InChI is InChI=1S/C78H110N16O16S/c1-11-24-63(97)90-66(50(8)95)75(107)88-59(40-52-27-17-13-18-28-52)78(110)93(10)49(7)69(101)87-58(41-53-33-35-55(36-34-53)54-29-19-14-20-30-54)77(109)92(9)48(6)68(100)86-56(31-21-22-37-79)71(103)84-47(5)76(108)94-38-23-32-61(94)73(105)89-60(70(102)82-42-62(80)96)43-111-44-64(98)85-57(39-51-25-15-12-16-26-51)72(104)91-65(45(2)3)74(106)83-46(4)67(81)99/h12-20,25-30,33-36,45-50,56-61,65-66,95H,11,21-24,31-32,37-44,79H2,1-10H3,(H2,80,96)(H2,81,99)(H,82,102)(H,83,106)(H,84,103)(H,85,98)(H,86,100)(H,87,101)(H,88,107)(H,89,105)(H,90,97)(H,91,104)/t46-,47-,48-,49-,50+,56-,57-,58-,59-,60-,61-,65-,66-/m0/s1. The van der Waals surface area contributed by atoms with Crippen LogP contribution in [0, 0.1) is 5.92 Å². The monoisotopic (exact) mass is 1560 g/mol. The van der Waals surface area contributed by atoms with Gasteiger partial charge in [-0.15, -0.1) is 11.8 Å². The molecule has 5 rings (SSSR count). The first-order chi connectivity index (χ1) is 52.6. The highest BCUT2D eigenvalue weighted by molar-refractivity contribution is 8.00. The molecule has 0 saturated carbocycles. The quantitative estimate of drug-likeness (QED) is 0.0242. The highest BCUT2D eigenvalue weighted by atomic mass is 32.2. The lowest BCUT2D eigenvalue weighted by atomic mass is 9.99. The number of nitrogens with zero attached hydrogens (tertiary/aromatic N) is 3. The first kappa shape index (κ1) is 90.8. The van der Waals surface area contributed by atoms with Crippen LogP contribution in [-0.4, -0.2) is 232 Å². The second-order valence-electron chi connectivity index (χ2n) is 28.1. The van der Waals surface area contributed by atoms with Gasteiger partial charge in [0.15, 0.2) is 0 Å². The third-order valence-electron chi connectivity index (χ3n) is 18.9. The van der Waals surface area contributed by atoms with Crippen molar-refractivity contribution >= 4 is 100 Å². The van der Waals surface area contributed by atoms with Crippen LogP contribution < -0.4 is 70.4 Å². The molecule has 111 heavy (non-hydrogen) atoms. The van der Waals surface area contributed by atoms with E-state index < -0.39 is 180 Å². The Morgan fingerprint density at radius 3 is 1.51 bits per heavy atom. The van der Waals surface area contributed by atoms with Crippen molar-refractivity contribution in [2.45, 2.75) is 198 Å². The molecule has 32 nitrogen and oxygen atoms in total. The van der Waals surface area contributed by atoms with Gasteiger partial charge in [-0.25, -0.2) is 0 Å². The molecule has 0 radical (unpaired) electrons. The van der Waals surface area contributed by atoms with E-state index in [0.717, 1.165) is 32.7 Å². The molecule has 4 aromatic carbocycles. The number of aliphatic hydroxyl groups excluding tert-OH is 1. The highest BCUT2D eigenvalue weighted by Crippen LogP contribution is 2.23. The number of likely N-dealkylation sites (tertiary alicyclic amines) is 1. The molecule has 0 bridgehead atoms. The maximum atomic E-state index is 15.0. The van der Waals surface area contributed by atoms with Gasteiger partial charge >= 0.3 is 0 Å². The van der Waals surface area contributed by atoms with E-state index >= 15 is 0 Å². The summed E-state index contributed by atoms with van der Waals surface area (Å²) in [5, 5.41) is 36.8. The number of benzene rings is 4. The summed E-state index contributed by atoms with van der Waals surface area (Å²) >= 11 is 0.882. The summed E-state index contributed by atoms with van der Waals surface area (Å²) in [4.78, 5) is 210. The minimum Gasteiger partial charge on any atom is -0.391 e. The lowest BCUT2D eigenvalue weighted by Crippen LogP contribution is -2.60. The molecule has 1 saturated heterocycles. The zero-order valence-electron chi connectivity index (χ0n) is 64.7. The minimum absolute atomic E-state index is 0.00915. The van der Waals surface area contributed by atoms with E-state index in [1.165, 1.54) is 53.6 Å².